The van der Waals surface area contributed by atoms with E-state index in [1.54, 1.807) is 0 Å². The fourth-order valence-electron chi connectivity index (χ4n) is 2.11. The summed E-state index contributed by atoms with van der Waals surface area (Å²) in [5.41, 5.74) is 2.36. The van der Waals surface area contributed by atoms with Crippen LogP contribution in [-0.4, -0.2) is 23.1 Å². The van der Waals surface area contributed by atoms with E-state index in [4.69, 9.17) is 4.74 Å². The van der Waals surface area contributed by atoms with E-state index in [1.165, 1.54) is 18.5 Å². The van der Waals surface area contributed by atoms with Crippen LogP contribution in [0.25, 0.3) is 0 Å². The van der Waals surface area contributed by atoms with Crippen LogP contribution in [0.15, 0.2) is 0 Å². The normalized spacial score (nSPS) is 19.3. The molecule has 0 aromatic carbocycles. The quantitative estimate of drug-likeness (QED) is 0.834. The van der Waals surface area contributed by atoms with E-state index in [1.807, 2.05) is 6.92 Å². The smallest absolute Gasteiger partial charge is 0.221 e. The molecule has 1 aliphatic carbocycles. The first-order valence-corrected chi connectivity index (χ1v) is 6.11. The standard InChI is InChI=1S/C12H17N3O/c1-2-16-12-9-7-13-6-5-10(9)14-11(15-12)8-3-4-8/h8,13H,2-7H2,1H3. The van der Waals surface area contributed by atoms with Gasteiger partial charge in [0.2, 0.25) is 5.88 Å². The van der Waals surface area contributed by atoms with Gasteiger partial charge in [-0.05, 0) is 19.8 Å². The van der Waals surface area contributed by atoms with Crippen LogP contribution in [0, 0.1) is 0 Å². The van der Waals surface area contributed by atoms with Crippen LogP contribution in [0.5, 0.6) is 5.88 Å². The number of fused-ring (bicyclic) bond motifs is 1. The van der Waals surface area contributed by atoms with E-state index >= 15 is 0 Å². The number of hydrogen-bond donors (Lipinski definition) is 1. The zero-order chi connectivity index (χ0) is 11.0. The zero-order valence-electron chi connectivity index (χ0n) is 9.62. The lowest BCUT2D eigenvalue weighted by Gasteiger charge is -2.19. The van der Waals surface area contributed by atoms with Gasteiger partial charge in [0.15, 0.2) is 0 Å². The van der Waals surface area contributed by atoms with Gasteiger partial charge in [0.25, 0.3) is 0 Å². The molecule has 1 fully saturated rings. The Labute approximate surface area is 95.4 Å². The topological polar surface area (TPSA) is 47.0 Å². The van der Waals surface area contributed by atoms with Crippen LogP contribution in [-0.2, 0) is 13.0 Å². The summed E-state index contributed by atoms with van der Waals surface area (Å²) in [6, 6.07) is 0. The van der Waals surface area contributed by atoms with E-state index in [-0.39, 0.29) is 0 Å². The Morgan fingerprint density at radius 1 is 1.38 bits per heavy atom. The summed E-state index contributed by atoms with van der Waals surface area (Å²) < 4.78 is 5.63. The third-order valence-corrected chi connectivity index (χ3v) is 3.14. The van der Waals surface area contributed by atoms with Crippen molar-refractivity contribution in [2.24, 2.45) is 0 Å². The highest BCUT2D eigenvalue weighted by Crippen LogP contribution is 2.39. The first-order valence-electron chi connectivity index (χ1n) is 6.11. The van der Waals surface area contributed by atoms with Gasteiger partial charge in [-0.25, -0.2) is 4.98 Å². The molecule has 2 aliphatic rings. The van der Waals surface area contributed by atoms with Crippen molar-refractivity contribution in [3.63, 3.8) is 0 Å². The zero-order valence-corrected chi connectivity index (χ0v) is 9.62. The van der Waals surface area contributed by atoms with Gasteiger partial charge < -0.3 is 10.1 Å². The Kier molecular flexibility index (Phi) is 2.52. The molecule has 0 saturated heterocycles. The minimum absolute atomic E-state index is 0.597. The van der Waals surface area contributed by atoms with Crippen molar-refractivity contribution in [1.29, 1.82) is 0 Å². The predicted molar refractivity (Wildman–Crippen MR) is 60.6 cm³/mol. The highest BCUT2D eigenvalue weighted by molar-refractivity contribution is 5.34. The summed E-state index contributed by atoms with van der Waals surface area (Å²) in [5.74, 6) is 2.41. The first-order chi connectivity index (χ1) is 7.88. The first kappa shape index (κ1) is 10.0. The fraction of sp³-hybridized carbons (Fsp3) is 0.667. The summed E-state index contributed by atoms with van der Waals surface area (Å²) in [6.07, 6.45) is 3.48. The lowest BCUT2D eigenvalue weighted by Crippen LogP contribution is -2.26. The van der Waals surface area contributed by atoms with Crippen molar-refractivity contribution in [3.8, 4) is 5.88 Å². The maximum absolute atomic E-state index is 5.63. The summed E-state index contributed by atoms with van der Waals surface area (Å²) in [7, 11) is 0. The van der Waals surface area contributed by atoms with Crippen molar-refractivity contribution >= 4 is 0 Å². The highest BCUT2D eigenvalue weighted by atomic mass is 16.5. The molecule has 1 N–H and O–H groups in total. The monoisotopic (exact) mass is 219 g/mol. The van der Waals surface area contributed by atoms with Gasteiger partial charge in [-0.15, -0.1) is 0 Å². The molecule has 16 heavy (non-hydrogen) atoms. The number of ether oxygens (including phenoxy) is 1. The molecule has 1 aromatic rings. The SMILES string of the molecule is CCOc1nc(C2CC2)nc2c1CNCC2. The molecule has 0 radical (unpaired) electrons. The fourth-order valence-corrected chi connectivity index (χ4v) is 2.11. The molecule has 0 atom stereocenters. The lowest BCUT2D eigenvalue weighted by molar-refractivity contribution is 0.317. The molecule has 0 amide bonds. The van der Waals surface area contributed by atoms with E-state index in [0.717, 1.165) is 36.8 Å². The van der Waals surface area contributed by atoms with E-state index in [0.29, 0.717) is 12.5 Å². The number of hydrogen-bond acceptors (Lipinski definition) is 4. The van der Waals surface area contributed by atoms with Crippen LogP contribution in [0.4, 0.5) is 0 Å². The molecule has 4 nitrogen and oxygen atoms in total. The van der Waals surface area contributed by atoms with Crippen molar-refractivity contribution in [3.05, 3.63) is 17.1 Å². The molecular weight excluding hydrogens is 202 g/mol. The predicted octanol–water partition coefficient (Wildman–Crippen LogP) is 1.40. The molecule has 86 valence electrons. The Hall–Kier alpha value is -1.16. The third-order valence-electron chi connectivity index (χ3n) is 3.14. The van der Waals surface area contributed by atoms with Gasteiger partial charge in [-0.2, -0.15) is 4.98 Å². The van der Waals surface area contributed by atoms with Crippen LogP contribution in [0.3, 0.4) is 0 Å². The second-order valence-corrected chi connectivity index (χ2v) is 4.45. The van der Waals surface area contributed by atoms with Gasteiger partial charge in [0.1, 0.15) is 5.82 Å². The van der Waals surface area contributed by atoms with Gasteiger partial charge >= 0.3 is 0 Å². The van der Waals surface area contributed by atoms with Crippen molar-refractivity contribution < 1.29 is 4.74 Å². The van der Waals surface area contributed by atoms with Gasteiger partial charge in [0, 0.05) is 31.0 Å². The second kappa shape index (κ2) is 4.01. The Bertz CT molecular complexity index is 401. The second-order valence-electron chi connectivity index (χ2n) is 4.45. The summed E-state index contributed by atoms with van der Waals surface area (Å²) in [4.78, 5) is 9.25. The molecule has 1 aliphatic heterocycles. The third kappa shape index (κ3) is 1.78. The molecule has 1 aromatic heterocycles. The summed E-state index contributed by atoms with van der Waals surface area (Å²) >= 11 is 0. The largest absolute Gasteiger partial charge is 0.478 e. The summed E-state index contributed by atoms with van der Waals surface area (Å²) in [5, 5.41) is 3.34. The van der Waals surface area contributed by atoms with E-state index in [2.05, 4.69) is 15.3 Å². The van der Waals surface area contributed by atoms with E-state index < -0.39 is 0 Å². The van der Waals surface area contributed by atoms with Gasteiger partial charge in [-0.1, -0.05) is 0 Å². The Morgan fingerprint density at radius 3 is 3.00 bits per heavy atom. The average Bonchev–Trinajstić information content (AvgIpc) is 3.13. The number of nitrogens with zero attached hydrogens (tertiary/aromatic N) is 2. The molecule has 1 saturated carbocycles. The van der Waals surface area contributed by atoms with Crippen LogP contribution in [0.2, 0.25) is 0 Å². The number of rotatable bonds is 3. The highest BCUT2D eigenvalue weighted by Gasteiger charge is 2.29. The van der Waals surface area contributed by atoms with Crippen LogP contribution in [0.1, 0.15) is 42.8 Å². The lowest BCUT2D eigenvalue weighted by atomic mass is 10.1. The molecule has 4 heteroatoms. The van der Waals surface area contributed by atoms with Crippen molar-refractivity contribution in [2.75, 3.05) is 13.2 Å². The van der Waals surface area contributed by atoms with Gasteiger partial charge in [-0.3, -0.25) is 0 Å². The molecular formula is C12H17N3O. The maximum atomic E-state index is 5.63. The van der Waals surface area contributed by atoms with Gasteiger partial charge in [0.05, 0.1) is 12.3 Å². The average molecular weight is 219 g/mol. The van der Waals surface area contributed by atoms with Crippen molar-refractivity contribution in [2.45, 2.75) is 38.6 Å². The van der Waals surface area contributed by atoms with Crippen molar-refractivity contribution in [1.82, 2.24) is 15.3 Å². The van der Waals surface area contributed by atoms with Crippen LogP contribution >= 0.6 is 0 Å². The minimum atomic E-state index is 0.597. The molecule has 0 spiro atoms. The Balaban J connectivity index is 2.01. The van der Waals surface area contributed by atoms with Crippen LogP contribution < -0.4 is 10.1 Å². The maximum Gasteiger partial charge on any atom is 0.221 e. The molecule has 0 unspecified atom stereocenters. The number of nitrogens with one attached hydrogen (secondary N) is 1. The minimum Gasteiger partial charge on any atom is -0.478 e. The van der Waals surface area contributed by atoms with E-state index in [9.17, 15) is 0 Å². The number of aromatic nitrogens is 2. The Morgan fingerprint density at radius 2 is 2.25 bits per heavy atom. The molecule has 0 bridgehead atoms. The molecule has 3 rings (SSSR count). The summed E-state index contributed by atoms with van der Waals surface area (Å²) in [6.45, 7) is 4.53. The molecule has 2 heterocycles.